The number of benzene rings is 2. The molecule has 0 bridgehead atoms. The van der Waals surface area contributed by atoms with E-state index >= 15 is 0 Å². The zero-order valence-corrected chi connectivity index (χ0v) is 14.7. The molecule has 0 aliphatic rings. The van der Waals surface area contributed by atoms with Crippen LogP contribution in [0.25, 0.3) is 16.7 Å². The Kier molecular flexibility index (Phi) is 4.47. The average Bonchev–Trinajstić information content (AvgIpc) is 3.10. The highest BCUT2D eigenvalue weighted by Gasteiger charge is 2.14. The molecule has 2 aromatic heterocycles. The minimum Gasteiger partial charge on any atom is -0.387 e. The summed E-state index contributed by atoms with van der Waals surface area (Å²) in [6, 6.07) is 12.5. The van der Waals surface area contributed by atoms with E-state index < -0.39 is 6.10 Å². The van der Waals surface area contributed by atoms with Crippen molar-refractivity contribution in [2.24, 2.45) is 0 Å². The summed E-state index contributed by atoms with van der Waals surface area (Å²) in [5, 5.41) is 15.4. The van der Waals surface area contributed by atoms with Crippen LogP contribution in [0.1, 0.15) is 11.7 Å². The fourth-order valence-corrected chi connectivity index (χ4v) is 2.95. The van der Waals surface area contributed by atoms with Crippen LogP contribution < -0.4 is 5.56 Å². The summed E-state index contributed by atoms with van der Waals surface area (Å²) in [6.07, 6.45) is 1.90. The zero-order valence-electron chi connectivity index (χ0n) is 14.0. The minimum absolute atomic E-state index is 0.0468. The molecule has 2 heterocycles. The summed E-state index contributed by atoms with van der Waals surface area (Å²) in [5.41, 5.74) is 1.29. The van der Waals surface area contributed by atoms with E-state index in [-0.39, 0.29) is 17.9 Å². The van der Waals surface area contributed by atoms with Gasteiger partial charge in [-0.3, -0.25) is 9.36 Å². The van der Waals surface area contributed by atoms with Crippen LogP contribution in [0.2, 0.25) is 5.02 Å². The Hall–Kier alpha value is -3.03. The van der Waals surface area contributed by atoms with Crippen molar-refractivity contribution in [2.45, 2.75) is 12.6 Å². The number of hydrogen-bond acceptors (Lipinski definition) is 4. The number of halogens is 2. The van der Waals surface area contributed by atoms with Crippen molar-refractivity contribution in [3.8, 4) is 5.69 Å². The molecule has 0 saturated heterocycles. The lowest BCUT2D eigenvalue weighted by molar-refractivity contribution is 0.155. The predicted octanol–water partition coefficient (Wildman–Crippen LogP) is 3.11. The summed E-state index contributed by atoms with van der Waals surface area (Å²) >= 11 is 5.85. The molecule has 0 saturated carbocycles. The predicted molar refractivity (Wildman–Crippen MR) is 99.5 cm³/mol. The van der Waals surface area contributed by atoms with Gasteiger partial charge in [0.2, 0.25) is 0 Å². The van der Waals surface area contributed by atoms with Gasteiger partial charge in [0, 0.05) is 5.02 Å². The van der Waals surface area contributed by atoms with Crippen molar-refractivity contribution in [3.63, 3.8) is 0 Å². The van der Waals surface area contributed by atoms with Crippen LogP contribution in [0.3, 0.4) is 0 Å². The molecular weight excluding hydrogens is 371 g/mol. The molecule has 1 N–H and O–H groups in total. The van der Waals surface area contributed by atoms with E-state index in [0.29, 0.717) is 27.3 Å². The highest BCUT2D eigenvalue weighted by atomic mass is 35.5. The Morgan fingerprint density at radius 2 is 1.81 bits per heavy atom. The Labute approximate surface area is 158 Å². The molecule has 0 aliphatic heterocycles. The Bertz CT molecular complexity index is 1150. The van der Waals surface area contributed by atoms with Crippen molar-refractivity contribution in [1.29, 1.82) is 0 Å². The molecule has 4 rings (SSSR count). The van der Waals surface area contributed by atoms with E-state index in [1.165, 1.54) is 33.9 Å². The van der Waals surface area contributed by atoms with Crippen molar-refractivity contribution in [1.82, 2.24) is 19.3 Å². The third kappa shape index (κ3) is 3.34. The standard InChI is InChI=1S/C19H14ClFN4O2/c20-13-3-1-12(2-4-13)17(26)10-24-11-22-18-16(19(24)27)9-23-25(18)15-7-5-14(21)6-8-15/h1-9,11,17,26H,10H2. The first-order valence-electron chi connectivity index (χ1n) is 8.15. The number of nitrogens with zero attached hydrogens (tertiary/aromatic N) is 4. The molecule has 4 aromatic rings. The van der Waals surface area contributed by atoms with Gasteiger partial charge in [-0.25, -0.2) is 14.1 Å². The topological polar surface area (TPSA) is 72.9 Å². The molecule has 1 atom stereocenters. The second-order valence-corrected chi connectivity index (χ2v) is 6.48. The lowest BCUT2D eigenvalue weighted by Crippen LogP contribution is -2.23. The highest BCUT2D eigenvalue weighted by Crippen LogP contribution is 2.18. The molecule has 136 valence electrons. The maximum absolute atomic E-state index is 13.1. The number of aliphatic hydroxyl groups excluding tert-OH is 1. The first-order valence-corrected chi connectivity index (χ1v) is 8.53. The summed E-state index contributed by atoms with van der Waals surface area (Å²) in [4.78, 5) is 17.0. The third-order valence-corrected chi connectivity index (χ3v) is 4.50. The maximum atomic E-state index is 13.1. The fraction of sp³-hybridized carbons (Fsp3) is 0.105. The van der Waals surface area contributed by atoms with Crippen LogP contribution in [0.5, 0.6) is 0 Å². The largest absolute Gasteiger partial charge is 0.387 e. The van der Waals surface area contributed by atoms with Crippen LogP contribution in [0.15, 0.2) is 65.8 Å². The summed E-state index contributed by atoms with van der Waals surface area (Å²) in [7, 11) is 0. The van der Waals surface area contributed by atoms with Gasteiger partial charge in [-0.1, -0.05) is 23.7 Å². The smallest absolute Gasteiger partial charge is 0.264 e. The minimum atomic E-state index is -0.883. The number of fused-ring (bicyclic) bond motifs is 1. The van der Waals surface area contributed by atoms with E-state index in [0.717, 1.165) is 0 Å². The molecule has 0 fully saturated rings. The monoisotopic (exact) mass is 384 g/mol. The van der Waals surface area contributed by atoms with Gasteiger partial charge in [-0.15, -0.1) is 0 Å². The number of rotatable bonds is 4. The van der Waals surface area contributed by atoms with Gasteiger partial charge in [-0.2, -0.15) is 5.10 Å². The van der Waals surface area contributed by atoms with Crippen molar-refractivity contribution >= 4 is 22.6 Å². The molecule has 0 radical (unpaired) electrons. The highest BCUT2D eigenvalue weighted by molar-refractivity contribution is 6.30. The van der Waals surface area contributed by atoms with Crippen LogP contribution in [0.4, 0.5) is 4.39 Å². The van der Waals surface area contributed by atoms with Crippen molar-refractivity contribution < 1.29 is 9.50 Å². The molecular formula is C19H14ClFN4O2. The number of aliphatic hydroxyl groups is 1. The summed E-state index contributed by atoms with van der Waals surface area (Å²) in [6.45, 7) is 0.0468. The van der Waals surface area contributed by atoms with Crippen LogP contribution >= 0.6 is 11.6 Å². The van der Waals surface area contributed by atoms with Crippen LogP contribution in [-0.2, 0) is 6.54 Å². The average molecular weight is 385 g/mol. The van der Waals surface area contributed by atoms with E-state index in [1.54, 1.807) is 36.4 Å². The first-order chi connectivity index (χ1) is 13.0. The maximum Gasteiger partial charge on any atom is 0.264 e. The first kappa shape index (κ1) is 17.4. The fourth-order valence-electron chi connectivity index (χ4n) is 2.83. The molecule has 6 nitrogen and oxygen atoms in total. The Balaban J connectivity index is 1.68. The van der Waals surface area contributed by atoms with Crippen molar-refractivity contribution in [3.05, 3.63) is 87.8 Å². The Morgan fingerprint density at radius 3 is 2.52 bits per heavy atom. The van der Waals surface area contributed by atoms with Crippen LogP contribution in [0, 0.1) is 5.82 Å². The molecule has 0 spiro atoms. The quantitative estimate of drug-likeness (QED) is 0.586. The van der Waals surface area contributed by atoms with Gasteiger partial charge in [0.15, 0.2) is 5.65 Å². The van der Waals surface area contributed by atoms with E-state index in [4.69, 9.17) is 11.6 Å². The normalized spacial score (nSPS) is 12.4. The summed E-state index contributed by atoms with van der Waals surface area (Å²) < 4.78 is 15.9. The van der Waals surface area contributed by atoms with Crippen molar-refractivity contribution in [2.75, 3.05) is 0 Å². The van der Waals surface area contributed by atoms with Gasteiger partial charge in [0.25, 0.3) is 5.56 Å². The molecule has 0 aliphatic carbocycles. The molecule has 2 aromatic carbocycles. The molecule has 8 heteroatoms. The SMILES string of the molecule is O=c1c2cnn(-c3ccc(F)cc3)c2ncn1CC(O)c1ccc(Cl)cc1. The second kappa shape index (κ2) is 6.94. The molecule has 27 heavy (non-hydrogen) atoms. The lowest BCUT2D eigenvalue weighted by Gasteiger charge is -2.13. The number of aromatic nitrogens is 4. The zero-order chi connectivity index (χ0) is 19.0. The lowest BCUT2D eigenvalue weighted by atomic mass is 10.1. The molecule has 1 unspecified atom stereocenters. The van der Waals surface area contributed by atoms with Gasteiger partial charge >= 0.3 is 0 Å². The van der Waals surface area contributed by atoms with E-state index in [2.05, 4.69) is 10.1 Å². The summed E-state index contributed by atoms with van der Waals surface area (Å²) in [5.74, 6) is -0.360. The number of hydrogen-bond donors (Lipinski definition) is 1. The van der Waals surface area contributed by atoms with E-state index in [9.17, 15) is 14.3 Å². The van der Waals surface area contributed by atoms with Crippen LogP contribution in [-0.4, -0.2) is 24.4 Å². The van der Waals surface area contributed by atoms with Gasteiger partial charge in [0.05, 0.1) is 24.5 Å². The molecule has 0 amide bonds. The van der Waals surface area contributed by atoms with Gasteiger partial charge in [-0.05, 0) is 42.0 Å². The van der Waals surface area contributed by atoms with Gasteiger partial charge < -0.3 is 5.11 Å². The second-order valence-electron chi connectivity index (χ2n) is 6.04. The van der Waals surface area contributed by atoms with E-state index in [1.807, 2.05) is 0 Å². The Morgan fingerprint density at radius 1 is 1.11 bits per heavy atom. The third-order valence-electron chi connectivity index (χ3n) is 4.25. The van der Waals surface area contributed by atoms with Gasteiger partial charge in [0.1, 0.15) is 17.5 Å².